The summed E-state index contributed by atoms with van der Waals surface area (Å²) in [6.07, 6.45) is 0.507. The Kier molecular flexibility index (Phi) is 7.17. The average Bonchev–Trinajstić information content (AvgIpc) is 2.73. The maximum atomic E-state index is 12.2. The molecule has 154 valence electrons. The monoisotopic (exact) mass is 444 g/mol. The number of phenolic OH excluding ortho intramolecular Hbond substituents is 1. The van der Waals surface area contributed by atoms with Crippen LogP contribution in [-0.4, -0.2) is 23.3 Å². The number of hydrazone groups is 1. The number of benzene rings is 3. The van der Waals surface area contributed by atoms with Gasteiger partial charge in [-0.25, -0.2) is 5.43 Å². The van der Waals surface area contributed by atoms with Crippen LogP contribution in [0.3, 0.4) is 0 Å². The second kappa shape index (κ2) is 10.0. The molecule has 0 aliphatic heterocycles. The molecule has 30 heavy (non-hydrogen) atoms. The van der Waals surface area contributed by atoms with Crippen molar-refractivity contribution in [2.45, 2.75) is 13.0 Å². The second-order valence-electron chi connectivity index (χ2n) is 6.22. The van der Waals surface area contributed by atoms with Crippen LogP contribution in [0.2, 0.25) is 10.0 Å². The minimum Gasteiger partial charge on any atom is -0.507 e. The number of carbonyl (C=O) groups is 1. The van der Waals surface area contributed by atoms with Gasteiger partial charge in [0, 0.05) is 15.6 Å². The number of carbonyl (C=O) groups excluding carboxylic acids is 1. The van der Waals surface area contributed by atoms with Crippen molar-refractivity contribution in [2.24, 2.45) is 5.10 Å². The number of hydrogen-bond donors (Lipinski definition) is 2. The number of nitrogens with zero attached hydrogens (tertiary/aromatic N) is 1. The molecule has 3 aromatic rings. The molecule has 0 radical (unpaired) electrons. The van der Waals surface area contributed by atoms with E-state index >= 15 is 0 Å². The summed E-state index contributed by atoms with van der Waals surface area (Å²) < 4.78 is 11.3. The predicted octanol–water partition coefficient (Wildman–Crippen LogP) is 5.41. The largest absolute Gasteiger partial charge is 0.507 e. The van der Waals surface area contributed by atoms with Crippen LogP contribution in [0.4, 0.5) is 0 Å². The van der Waals surface area contributed by atoms with Crippen molar-refractivity contribution >= 4 is 35.3 Å². The third-order valence-corrected chi connectivity index (χ3v) is 4.41. The van der Waals surface area contributed by atoms with E-state index in [9.17, 15) is 9.90 Å². The van der Waals surface area contributed by atoms with Crippen molar-refractivity contribution in [3.8, 4) is 23.0 Å². The Morgan fingerprint density at radius 2 is 1.53 bits per heavy atom. The fraction of sp³-hybridized carbons (Fsp3) is 0.0909. The van der Waals surface area contributed by atoms with Crippen molar-refractivity contribution in [3.63, 3.8) is 0 Å². The smallest absolute Gasteiger partial charge is 0.280 e. The van der Waals surface area contributed by atoms with Crippen molar-refractivity contribution in [1.29, 1.82) is 0 Å². The highest BCUT2D eigenvalue weighted by Crippen LogP contribution is 2.25. The molecule has 0 aliphatic rings. The van der Waals surface area contributed by atoms with E-state index in [0.29, 0.717) is 32.9 Å². The zero-order valence-electron chi connectivity index (χ0n) is 15.9. The van der Waals surface area contributed by atoms with E-state index < -0.39 is 12.0 Å². The van der Waals surface area contributed by atoms with Gasteiger partial charge >= 0.3 is 0 Å². The van der Waals surface area contributed by atoms with Gasteiger partial charge in [0.15, 0.2) is 6.10 Å². The van der Waals surface area contributed by atoms with Crippen LogP contribution in [0.15, 0.2) is 71.8 Å². The number of halogens is 2. The fourth-order valence-corrected chi connectivity index (χ4v) is 2.67. The third-order valence-electron chi connectivity index (χ3n) is 3.92. The highest BCUT2D eigenvalue weighted by atomic mass is 35.5. The molecule has 1 amide bonds. The van der Waals surface area contributed by atoms with Crippen LogP contribution in [0.25, 0.3) is 0 Å². The Labute approximate surface area is 183 Å². The highest BCUT2D eigenvalue weighted by molar-refractivity contribution is 6.31. The maximum Gasteiger partial charge on any atom is 0.280 e. The van der Waals surface area contributed by atoms with Crippen LogP contribution in [0, 0.1) is 0 Å². The van der Waals surface area contributed by atoms with Crippen LogP contribution >= 0.6 is 23.2 Å². The Morgan fingerprint density at radius 1 is 0.967 bits per heavy atom. The van der Waals surface area contributed by atoms with Crippen molar-refractivity contribution < 1.29 is 19.4 Å². The Bertz CT molecular complexity index is 1040. The molecule has 0 aromatic heterocycles. The number of ether oxygens (including phenoxy) is 2. The van der Waals surface area contributed by atoms with Gasteiger partial charge < -0.3 is 14.6 Å². The summed E-state index contributed by atoms with van der Waals surface area (Å²) in [7, 11) is 0. The van der Waals surface area contributed by atoms with Crippen molar-refractivity contribution in [2.75, 3.05) is 0 Å². The summed E-state index contributed by atoms with van der Waals surface area (Å²) >= 11 is 11.7. The van der Waals surface area contributed by atoms with E-state index in [1.54, 1.807) is 61.5 Å². The molecule has 2 N–H and O–H groups in total. The lowest BCUT2D eigenvalue weighted by Crippen LogP contribution is -2.33. The SMILES string of the molecule is CC(Oc1ccc(Oc2ccc(Cl)cc2)cc1)C(=O)N/N=C/c1cc(Cl)ccc1O. The maximum absolute atomic E-state index is 12.2. The lowest BCUT2D eigenvalue weighted by Gasteiger charge is -2.13. The van der Waals surface area contributed by atoms with Gasteiger partial charge in [0.1, 0.15) is 23.0 Å². The van der Waals surface area contributed by atoms with Gasteiger partial charge in [0.25, 0.3) is 5.91 Å². The first kappa shape index (κ1) is 21.5. The molecule has 0 saturated heterocycles. The highest BCUT2D eigenvalue weighted by Gasteiger charge is 2.14. The minimum atomic E-state index is -0.793. The molecule has 0 fully saturated rings. The second-order valence-corrected chi connectivity index (χ2v) is 7.10. The zero-order valence-corrected chi connectivity index (χ0v) is 17.4. The van der Waals surface area contributed by atoms with Gasteiger partial charge in [-0.3, -0.25) is 4.79 Å². The molecule has 6 nitrogen and oxygen atoms in total. The first-order valence-corrected chi connectivity index (χ1v) is 9.68. The summed E-state index contributed by atoms with van der Waals surface area (Å²) in [5.41, 5.74) is 2.74. The number of amides is 1. The molecule has 0 bridgehead atoms. The summed E-state index contributed by atoms with van der Waals surface area (Å²) in [6, 6.07) is 18.4. The molecule has 0 spiro atoms. The topological polar surface area (TPSA) is 80.2 Å². The molecule has 8 heteroatoms. The van der Waals surface area contributed by atoms with E-state index in [1.165, 1.54) is 18.3 Å². The molecule has 0 aliphatic carbocycles. The molecule has 1 atom stereocenters. The van der Waals surface area contributed by atoms with E-state index in [-0.39, 0.29) is 5.75 Å². The van der Waals surface area contributed by atoms with Gasteiger partial charge in [-0.15, -0.1) is 0 Å². The molecule has 1 unspecified atom stereocenters. The Balaban J connectivity index is 1.52. The normalized spacial score (nSPS) is 11.8. The molecular weight excluding hydrogens is 427 g/mol. The van der Waals surface area contributed by atoms with Gasteiger partial charge in [-0.05, 0) is 73.7 Å². The molecule has 0 heterocycles. The molecule has 0 saturated carbocycles. The van der Waals surface area contributed by atoms with Crippen molar-refractivity contribution in [1.82, 2.24) is 5.43 Å². The predicted molar refractivity (Wildman–Crippen MR) is 117 cm³/mol. The minimum absolute atomic E-state index is 0.00241. The summed E-state index contributed by atoms with van der Waals surface area (Å²) in [5.74, 6) is 1.33. The third kappa shape index (κ3) is 6.14. The number of aromatic hydroxyl groups is 1. The molecule has 3 aromatic carbocycles. The van der Waals surface area contributed by atoms with E-state index in [1.807, 2.05) is 0 Å². The summed E-state index contributed by atoms with van der Waals surface area (Å²) in [5, 5.41) is 14.6. The lowest BCUT2D eigenvalue weighted by molar-refractivity contribution is -0.127. The Morgan fingerprint density at radius 3 is 2.20 bits per heavy atom. The number of nitrogens with one attached hydrogen (secondary N) is 1. The van der Waals surface area contributed by atoms with Gasteiger partial charge in [0.05, 0.1) is 6.21 Å². The quantitative estimate of drug-likeness (QED) is 0.377. The van der Waals surface area contributed by atoms with Crippen LogP contribution in [0.5, 0.6) is 23.0 Å². The number of rotatable bonds is 7. The summed E-state index contributed by atoms with van der Waals surface area (Å²) in [6.45, 7) is 1.60. The van der Waals surface area contributed by atoms with Crippen molar-refractivity contribution in [3.05, 3.63) is 82.3 Å². The number of hydrogen-bond acceptors (Lipinski definition) is 5. The van der Waals surface area contributed by atoms with Crippen LogP contribution in [0.1, 0.15) is 12.5 Å². The van der Waals surface area contributed by atoms with E-state index in [2.05, 4.69) is 10.5 Å². The average molecular weight is 445 g/mol. The van der Waals surface area contributed by atoms with E-state index in [4.69, 9.17) is 32.7 Å². The lowest BCUT2D eigenvalue weighted by atomic mass is 10.2. The van der Waals surface area contributed by atoms with Crippen LogP contribution in [-0.2, 0) is 4.79 Å². The van der Waals surface area contributed by atoms with Gasteiger partial charge in [0.2, 0.25) is 0 Å². The first-order valence-electron chi connectivity index (χ1n) is 8.92. The molecule has 3 rings (SSSR count). The number of phenols is 1. The first-order chi connectivity index (χ1) is 14.4. The van der Waals surface area contributed by atoms with Gasteiger partial charge in [-0.1, -0.05) is 23.2 Å². The molecular formula is C22H18Cl2N2O4. The zero-order chi connectivity index (χ0) is 21.5. The van der Waals surface area contributed by atoms with Crippen LogP contribution < -0.4 is 14.9 Å². The Hall–Kier alpha value is -3.22. The van der Waals surface area contributed by atoms with Gasteiger partial charge in [-0.2, -0.15) is 5.10 Å². The summed E-state index contributed by atoms with van der Waals surface area (Å²) in [4.78, 5) is 12.2. The fourth-order valence-electron chi connectivity index (χ4n) is 2.37. The standard InChI is InChI=1S/C22H18Cl2N2O4/c1-14(22(28)26-25-13-15-12-17(24)4-11-21(15)27)29-18-7-9-20(10-8-18)30-19-5-2-16(23)3-6-19/h2-14,27H,1H3,(H,26,28)/b25-13+. The van der Waals surface area contributed by atoms with E-state index in [0.717, 1.165) is 0 Å².